The van der Waals surface area contributed by atoms with Crippen LogP contribution >= 0.6 is 0 Å². The van der Waals surface area contributed by atoms with Gasteiger partial charge in [-0.2, -0.15) is 0 Å². The lowest BCUT2D eigenvalue weighted by molar-refractivity contribution is -0.150. The van der Waals surface area contributed by atoms with Gasteiger partial charge in [0.1, 0.15) is 6.04 Å². The van der Waals surface area contributed by atoms with E-state index in [0.29, 0.717) is 25.3 Å². The highest BCUT2D eigenvalue weighted by atomic mass is 16.5. The minimum absolute atomic E-state index is 0.202. The molecule has 1 fully saturated rings. The summed E-state index contributed by atoms with van der Waals surface area (Å²) in [7, 11) is 0. The number of carbonyl (C=O) groups is 2. The van der Waals surface area contributed by atoms with Gasteiger partial charge in [-0.25, -0.2) is 0 Å². The number of benzene rings is 1. The van der Waals surface area contributed by atoms with E-state index in [1.54, 1.807) is 12.1 Å². The number of morpholine rings is 1. The molecule has 3 N–H and O–H groups in total. The van der Waals surface area contributed by atoms with Crippen molar-refractivity contribution in [3.8, 4) is 0 Å². The Labute approximate surface area is 117 Å². The molecule has 1 unspecified atom stereocenters. The van der Waals surface area contributed by atoms with Gasteiger partial charge in [0.2, 0.25) is 5.91 Å². The third-order valence-electron chi connectivity index (χ3n) is 3.52. The maximum Gasteiger partial charge on any atom is 0.323 e. The Morgan fingerprint density at radius 3 is 2.85 bits per heavy atom. The van der Waals surface area contributed by atoms with Crippen molar-refractivity contribution in [3.05, 3.63) is 34.9 Å². The molecule has 1 amide bonds. The summed E-state index contributed by atoms with van der Waals surface area (Å²) in [4.78, 5) is 24.2. The number of carbonyl (C=O) groups excluding carboxylic acids is 1. The molecule has 1 saturated heterocycles. The minimum atomic E-state index is -0.879. The molecule has 2 rings (SSSR count). The average Bonchev–Trinajstić information content (AvgIpc) is 2.41. The number of ether oxygens (including phenoxy) is 1. The van der Waals surface area contributed by atoms with Crippen LogP contribution < -0.4 is 5.73 Å². The van der Waals surface area contributed by atoms with Crippen molar-refractivity contribution in [2.75, 3.05) is 19.8 Å². The fourth-order valence-corrected chi connectivity index (χ4v) is 2.30. The summed E-state index contributed by atoms with van der Waals surface area (Å²) in [6, 6.07) is 4.59. The fourth-order valence-electron chi connectivity index (χ4n) is 2.30. The Kier molecular flexibility index (Phi) is 4.36. The maximum absolute atomic E-state index is 11.2. The van der Waals surface area contributed by atoms with E-state index in [9.17, 15) is 14.7 Å². The fraction of sp³-hybridized carbons (Fsp3) is 0.429. The molecule has 0 bridgehead atoms. The lowest BCUT2D eigenvalue weighted by Crippen LogP contribution is -2.49. The van der Waals surface area contributed by atoms with Gasteiger partial charge in [-0.3, -0.25) is 14.5 Å². The molecule has 108 valence electrons. The Morgan fingerprint density at radius 2 is 2.25 bits per heavy atom. The number of nitrogens with zero attached hydrogens (tertiary/aromatic N) is 1. The van der Waals surface area contributed by atoms with Crippen molar-refractivity contribution in [3.63, 3.8) is 0 Å². The van der Waals surface area contributed by atoms with Crippen LogP contribution in [0.4, 0.5) is 0 Å². The summed E-state index contributed by atoms with van der Waals surface area (Å²) in [6.45, 7) is 3.72. The Balaban J connectivity index is 2.16. The molecule has 0 spiro atoms. The van der Waals surface area contributed by atoms with E-state index in [4.69, 9.17) is 10.5 Å². The highest BCUT2D eigenvalue weighted by molar-refractivity contribution is 5.93. The second-order valence-electron chi connectivity index (χ2n) is 4.90. The monoisotopic (exact) mass is 278 g/mol. The second kappa shape index (κ2) is 6.02. The first kappa shape index (κ1) is 14.5. The summed E-state index contributed by atoms with van der Waals surface area (Å²) in [5.41, 5.74) is 7.61. The Morgan fingerprint density at radius 1 is 1.50 bits per heavy atom. The van der Waals surface area contributed by atoms with E-state index < -0.39 is 17.9 Å². The molecule has 1 aliphatic heterocycles. The lowest BCUT2D eigenvalue weighted by atomic mass is 10.0. The molecule has 0 aliphatic carbocycles. The molecule has 20 heavy (non-hydrogen) atoms. The zero-order valence-electron chi connectivity index (χ0n) is 11.3. The topological polar surface area (TPSA) is 92.9 Å². The molecule has 1 aromatic rings. The first-order chi connectivity index (χ1) is 9.49. The maximum atomic E-state index is 11.2. The normalized spacial score (nSPS) is 19.8. The summed E-state index contributed by atoms with van der Waals surface area (Å²) < 4.78 is 5.21. The third kappa shape index (κ3) is 3.15. The quantitative estimate of drug-likeness (QED) is 0.830. The van der Waals surface area contributed by atoms with E-state index in [1.165, 1.54) is 0 Å². The van der Waals surface area contributed by atoms with Crippen molar-refractivity contribution >= 4 is 11.9 Å². The van der Waals surface area contributed by atoms with Crippen LogP contribution in [-0.4, -0.2) is 47.7 Å². The number of aryl methyl sites for hydroxylation is 1. The van der Waals surface area contributed by atoms with E-state index in [1.807, 2.05) is 17.9 Å². The van der Waals surface area contributed by atoms with Crippen molar-refractivity contribution in [1.82, 2.24) is 4.90 Å². The molecule has 6 heteroatoms. The second-order valence-corrected chi connectivity index (χ2v) is 4.90. The Bertz CT molecular complexity index is 530. The molecular weight excluding hydrogens is 260 g/mol. The van der Waals surface area contributed by atoms with Gasteiger partial charge in [-0.15, -0.1) is 0 Å². The lowest BCUT2D eigenvalue weighted by Gasteiger charge is -2.33. The number of amides is 1. The average molecular weight is 278 g/mol. The van der Waals surface area contributed by atoms with E-state index in [0.717, 1.165) is 11.1 Å². The Hall–Kier alpha value is -1.92. The van der Waals surface area contributed by atoms with E-state index >= 15 is 0 Å². The van der Waals surface area contributed by atoms with Crippen LogP contribution in [0, 0.1) is 6.92 Å². The van der Waals surface area contributed by atoms with Crippen LogP contribution in [0.15, 0.2) is 18.2 Å². The van der Waals surface area contributed by atoms with Gasteiger partial charge >= 0.3 is 5.97 Å². The molecule has 1 aliphatic rings. The number of aliphatic carboxylic acids is 1. The van der Waals surface area contributed by atoms with Crippen molar-refractivity contribution < 1.29 is 19.4 Å². The molecule has 1 heterocycles. The summed E-state index contributed by atoms with van der Waals surface area (Å²) in [6.07, 6.45) is 0. The van der Waals surface area contributed by atoms with Gasteiger partial charge in [0, 0.05) is 18.7 Å². The largest absolute Gasteiger partial charge is 0.480 e. The highest BCUT2D eigenvalue weighted by Crippen LogP contribution is 2.17. The molecule has 0 aromatic heterocycles. The van der Waals surface area contributed by atoms with E-state index in [2.05, 4.69) is 0 Å². The standard InChI is InChI=1S/C14H18N2O4/c1-9-6-10(13(15)17)2-3-11(9)7-16-4-5-20-8-12(16)14(18)19/h2-3,6,12H,4-5,7-8H2,1H3,(H2,15,17)(H,18,19). The first-order valence-electron chi connectivity index (χ1n) is 6.43. The molecule has 0 saturated carbocycles. The predicted molar refractivity (Wildman–Crippen MR) is 72.3 cm³/mol. The van der Waals surface area contributed by atoms with Gasteiger partial charge in [0.05, 0.1) is 13.2 Å². The van der Waals surface area contributed by atoms with Gasteiger partial charge < -0.3 is 15.6 Å². The number of nitrogens with two attached hydrogens (primary N) is 1. The van der Waals surface area contributed by atoms with Crippen molar-refractivity contribution in [1.29, 1.82) is 0 Å². The number of primary amides is 1. The van der Waals surface area contributed by atoms with Crippen molar-refractivity contribution in [2.45, 2.75) is 19.5 Å². The SMILES string of the molecule is Cc1cc(C(N)=O)ccc1CN1CCOCC1C(=O)O. The van der Waals surface area contributed by atoms with Crippen molar-refractivity contribution in [2.24, 2.45) is 5.73 Å². The van der Waals surface area contributed by atoms with Crippen LogP contribution in [0.25, 0.3) is 0 Å². The summed E-state index contributed by atoms with van der Waals surface area (Å²) in [5.74, 6) is -1.34. The van der Waals surface area contributed by atoms with Gasteiger partial charge in [-0.05, 0) is 30.2 Å². The smallest absolute Gasteiger partial charge is 0.323 e. The summed E-state index contributed by atoms with van der Waals surface area (Å²) >= 11 is 0. The third-order valence-corrected chi connectivity index (χ3v) is 3.52. The molecule has 6 nitrogen and oxygen atoms in total. The van der Waals surface area contributed by atoms with E-state index in [-0.39, 0.29) is 6.61 Å². The van der Waals surface area contributed by atoms with Gasteiger partial charge in [-0.1, -0.05) is 6.07 Å². The van der Waals surface area contributed by atoms with Gasteiger partial charge in [0.15, 0.2) is 0 Å². The molecule has 1 atom stereocenters. The number of carboxylic acids is 1. The molecular formula is C14H18N2O4. The van der Waals surface area contributed by atoms with Crippen LogP contribution in [0.2, 0.25) is 0 Å². The molecule has 0 radical (unpaired) electrons. The molecule has 1 aromatic carbocycles. The highest BCUT2D eigenvalue weighted by Gasteiger charge is 2.29. The van der Waals surface area contributed by atoms with Crippen LogP contribution in [0.1, 0.15) is 21.5 Å². The van der Waals surface area contributed by atoms with Crippen LogP contribution in [-0.2, 0) is 16.1 Å². The number of rotatable bonds is 4. The number of hydrogen-bond donors (Lipinski definition) is 2. The van der Waals surface area contributed by atoms with Gasteiger partial charge in [0.25, 0.3) is 0 Å². The predicted octanol–water partition coefficient (Wildman–Crippen LogP) is 0.379. The number of carboxylic acid groups (broad SMARTS) is 1. The van der Waals surface area contributed by atoms with Crippen LogP contribution in [0.3, 0.4) is 0 Å². The minimum Gasteiger partial charge on any atom is -0.480 e. The first-order valence-corrected chi connectivity index (χ1v) is 6.43. The number of hydrogen-bond acceptors (Lipinski definition) is 4. The summed E-state index contributed by atoms with van der Waals surface area (Å²) in [5, 5.41) is 9.19. The zero-order valence-corrected chi connectivity index (χ0v) is 11.3. The van der Waals surface area contributed by atoms with Crippen LogP contribution in [0.5, 0.6) is 0 Å². The zero-order chi connectivity index (χ0) is 14.7.